The molecule has 0 atom stereocenters. The van der Waals surface area contributed by atoms with Gasteiger partial charge in [0.1, 0.15) is 0 Å². The highest BCUT2D eigenvalue weighted by molar-refractivity contribution is 6.13. The van der Waals surface area contributed by atoms with E-state index in [1.54, 1.807) is 4.57 Å². The highest BCUT2D eigenvalue weighted by Crippen LogP contribution is 2.40. The van der Waals surface area contributed by atoms with Crippen molar-refractivity contribution in [2.75, 3.05) is 0 Å². The molecule has 12 aromatic rings. The van der Waals surface area contributed by atoms with E-state index in [2.05, 4.69) is 95.6 Å². The van der Waals surface area contributed by atoms with Crippen LogP contribution >= 0.6 is 0 Å². The predicted octanol–water partition coefficient (Wildman–Crippen LogP) is 15.7. The summed E-state index contributed by atoms with van der Waals surface area (Å²) in [6.45, 7) is 0. The van der Waals surface area contributed by atoms with Gasteiger partial charge in [0, 0.05) is 32.9 Å². The van der Waals surface area contributed by atoms with Gasteiger partial charge in [0.05, 0.1) is 31.7 Å². The minimum absolute atomic E-state index is 0.0817. The van der Waals surface area contributed by atoms with E-state index in [1.807, 2.05) is 97.1 Å². The lowest BCUT2D eigenvalue weighted by molar-refractivity contribution is 1.18. The van der Waals surface area contributed by atoms with Gasteiger partial charge in [0.2, 0.25) is 0 Å². The summed E-state index contributed by atoms with van der Waals surface area (Å²) in [5.74, 6) is 0. The smallest absolute Gasteiger partial charge is 0.0645 e. The van der Waals surface area contributed by atoms with Crippen molar-refractivity contribution in [1.82, 2.24) is 9.13 Å². The van der Waals surface area contributed by atoms with Crippen LogP contribution in [0.4, 0.5) is 0 Å². The standard InChI is InChI=1S/C58H38N2/c1-3-12-39(13-4-1)41-22-29-47(30-23-41)60-57-33-26-44(40-14-5-2-6-15-40)36-53(57)54-38-46(28-35-58(54)60)45-27-34-56-52(37-45)51-19-9-10-21-55(51)59(56)48-31-24-43(25-32-48)50-20-11-17-42-16-7-8-18-49(42)50/h1-38H/i9D,10D,19D,21D,27D,34D,37D. The minimum Gasteiger partial charge on any atom is -0.309 e. The summed E-state index contributed by atoms with van der Waals surface area (Å²) in [6.07, 6.45) is 0. The molecule has 0 bridgehead atoms. The van der Waals surface area contributed by atoms with E-state index in [-0.39, 0.29) is 57.6 Å². The fourth-order valence-electron chi connectivity index (χ4n) is 8.88. The summed E-state index contributed by atoms with van der Waals surface area (Å²) in [5, 5.41) is 4.43. The van der Waals surface area contributed by atoms with Gasteiger partial charge in [-0.3, -0.25) is 0 Å². The lowest BCUT2D eigenvalue weighted by Gasteiger charge is -2.11. The van der Waals surface area contributed by atoms with Crippen molar-refractivity contribution in [2.24, 2.45) is 0 Å². The van der Waals surface area contributed by atoms with Crippen LogP contribution in [-0.4, -0.2) is 9.13 Å². The summed E-state index contributed by atoms with van der Waals surface area (Å²) in [4.78, 5) is 0. The molecule has 60 heavy (non-hydrogen) atoms. The molecule has 0 N–H and O–H groups in total. The van der Waals surface area contributed by atoms with Gasteiger partial charge in [-0.2, -0.15) is 0 Å². The molecule has 0 saturated carbocycles. The van der Waals surface area contributed by atoms with Gasteiger partial charge in [-0.25, -0.2) is 0 Å². The van der Waals surface area contributed by atoms with Crippen LogP contribution < -0.4 is 0 Å². The van der Waals surface area contributed by atoms with Crippen LogP contribution in [0.15, 0.2) is 230 Å². The average molecular weight is 770 g/mol. The molecule has 0 fully saturated rings. The molecule has 0 amide bonds. The Morgan fingerprint density at radius 1 is 0.300 bits per heavy atom. The second-order valence-electron chi connectivity index (χ2n) is 15.2. The molecule has 12 rings (SSSR count). The zero-order valence-corrected chi connectivity index (χ0v) is 32.3. The first-order valence-electron chi connectivity index (χ1n) is 23.6. The van der Waals surface area contributed by atoms with E-state index >= 15 is 0 Å². The molecule has 0 aliphatic rings. The molecule has 0 spiro atoms. The van der Waals surface area contributed by atoms with E-state index in [4.69, 9.17) is 2.74 Å². The Morgan fingerprint density at radius 3 is 1.52 bits per heavy atom. The topological polar surface area (TPSA) is 9.86 Å². The van der Waals surface area contributed by atoms with Crippen molar-refractivity contribution in [2.45, 2.75) is 0 Å². The second-order valence-corrected chi connectivity index (χ2v) is 15.2. The molecule has 0 radical (unpaired) electrons. The Bertz CT molecular complexity index is 3960. The Hall–Kier alpha value is -7.94. The number of nitrogens with zero attached hydrogens (tertiary/aromatic N) is 2. The van der Waals surface area contributed by atoms with Crippen molar-refractivity contribution >= 4 is 54.4 Å². The number of hydrogen-bond donors (Lipinski definition) is 0. The van der Waals surface area contributed by atoms with Gasteiger partial charge in [0.15, 0.2) is 0 Å². The molecule has 280 valence electrons. The number of para-hydroxylation sites is 1. The second kappa shape index (κ2) is 13.9. The van der Waals surface area contributed by atoms with Gasteiger partial charge in [-0.15, -0.1) is 0 Å². The Kier molecular flexibility index (Phi) is 6.39. The third-order valence-electron chi connectivity index (χ3n) is 11.8. The first-order valence-corrected chi connectivity index (χ1v) is 20.1. The summed E-state index contributed by atoms with van der Waals surface area (Å²) < 4.78 is 69.2. The van der Waals surface area contributed by atoms with Crippen molar-refractivity contribution in [3.05, 3.63) is 230 Å². The van der Waals surface area contributed by atoms with Crippen LogP contribution in [0.2, 0.25) is 0 Å². The molecule has 2 heterocycles. The van der Waals surface area contributed by atoms with E-state index < -0.39 is 12.1 Å². The fraction of sp³-hybridized carbons (Fsp3) is 0. The number of aromatic nitrogens is 2. The Labute approximate surface area is 358 Å². The maximum atomic E-state index is 9.96. The summed E-state index contributed by atoms with van der Waals surface area (Å²) in [5.41, 5.74) is 10.9. The third-order valence-corrected chi connectivity index (χ3v) is 11.8. The molecule has 0 aliphatic carbocycles. The molecule has 0 unspecified atom stereocenters. The van der Waals surface area contributed by atoms with Crippen molar-refractivity contribution in [1.29, 1.82) is 0 Å². The Morgan fingerprint density at radius 2 is 0.817 bits per heavy atom. The average Bonchev–Trinajstić information content (AvgIpc) is 3.91. The van der Waals surface area contributed by atoms with E-state index in [9.17, 15) is 6.85 Å². The molecule has 0 saturated heterocycles. The normalized spacial score (nSPS) is 13.3. The molecule has 0 aliphatic heterocycles. The summed E-state index contributed by atoms with van der Waals surface area (Å²) >= 11 is 0. The first-order chi connectivity index (χ1) is 32.7. The van der Waals surface area contributed by atoms with Crippen molar-refractivity contribution in [3.63, 3.8) is 0 Å². The number of rotatable bonds is 6. The van der Waals surface area contributed by atoms with Crippen LogP contribution in [0, 0.1) is 0 Å². The van der Waals surface area contributed by atoms with Gasteiger partial charge in [-0.1, -0.05) is 164 Å². The Balaban J connectivity index is 1.08. The summed E-state index contributed by atoms with van der Waals surface area (Å²) in [6, 6.07) is 61.5. The monoisotopic (exact) mass is 769 g/mol. The van der Waals surface area contributed by atoms with E-state index in [0.717, 1.165) is 71.6 Å². The van der Waals surface area contributed by atoms with Crippen LogP contribution in [-0.2, 0) is 0 Å². The predicted molar refractivity (Wildman–Crippen MR) is 254 cm³/mol. The maximum absolute atomic E-state index is 9.96. The molecule has 2 aromatic heterocycles. The van der Waals surface area contributed by atoms with Gasteiger partial charge >= 0.3 is 0 Å². The van der Waals surface area contributed by atoms with Crippen LogP contribution in [0.1, 0.15) is 9.60 Å². The zero-order valence-electron chi connectivity index (χ0n) is 39.3. The van der Waals surface area contributed by atoms with Crippen molar-refractivity contribution in [3.8, 4) is 55.9 Å². The SMILES string of the molecule is [2H]c1c([2H])c([2H])c2c(c1[2H])c1c([2H])c(-c3ccc4c(c3)c3cc(-c5ccccc5)ccc3n4-c3ccc(-c4ccccc4)cc3)c([2H])c([2H])c1n2-c1ccc(-c2cccc3ccccc23)cc1. The highest BCUT2D eigenvalue weighted by atomic mass is 15.0. The number of benzene rings is 10. The van der Waals surface area contributed by atoms with Crippen LogP contribution in [0.3, 0.4) is 0 Å². The largest absolute Gasteiger partial charge is 0.309 e. The molecule has 2 heteroatoms. The lowest BCUT2D eigenvalue weighted by atomic mass is 9.98. The maximum Gasteiger partial charge on any atom is 0.0645 e. The van der Waals surface area contributed by atoms with Gasteiger partial charge in [-0.05, 0) is 122 Å². The fourth-order valence-corrected chi connectivity index (χ4v) is 8.88. The zero-order chi connectivity index (χ0) is 45.7. The lowest BCUT2D eigenvalue weighted by Crippen LogP contribution is -1.94. The molecular formula is C58H38N2. The van der Waals surface area contributed by atoms with Crippen LogP contribution in [0.25, 0.3) is 110 Å². The summed E-state index contributed by atoms with van der Waals surface area (Å²) in [7, 11) is 0. The number of hydrogen-bond acceptors (Lipinski definition) is 0. The van der Waals surface area contributed by atoms with Gasteiger partial charge < -0.3 is 9.13 Å². The van der Waals surface area contributed by atoms with E-state index in [0.29, 0.717) is 11.3 Å². The molecule has 10 aromatic carbocycles. The van der Waals surface area contributed by atoms with Gasteiger partial charge in [0.25, 0.3) is 0 Å². The quantitative estimate of drug-likeness (QED) is 0.159. The third kappa shape index (κ3) is 5.57. The van der Waals surface area contributed by atoms with E-state index in [1.165, 1.54) is 0 Å². The number of fused-ring (bicyclic) bond motifs is 7. The minimum atomic E-state index is -0.425. The first kappa shape index (κ1) is 27.7. The molecule has 2 nitrogen and oxygen atoms in total. The van der Waals surface area contributed by atoms with Crippen LogP contribution in [0.5, 0.6) is 0 Å². The molecular weight excluding hydrogens is 725 g/mol. The highest BCUT2D eigenvalue weighted by Gasteiger charge is 2.17. The van der Waals surface area contributed by atoms with Crippen molar-refractivity contribution < 1.29 is 9.60 Å².